The molecule has 0 unspecified atom stereocenters. The molecule has 4 aromatic carbocycles. The van der Waals surface area contributed by atoms with E-state index in [9.17, 15) is 14.0 Å². The molecule has 2 heterocycles. The van der Waals surface area contributed by atoms with Gasteiger partial charge in [0.05, 0.1) is 28.5 Å². The van der Waals surface area contributed by atoms with Gasteiger partial charge in [-0.05, 0) is 55.0 Å². The minimum Gasteiger partial charge on any atom is -0.488 e. The Morgan fingerprint density at radius 1 is 1.00 bits per heavy atom. The molecule has 0 saturated carbocycles. The van der Waals surface area contributed by atoms with Crippen molar-refractivity contribution >= 4 is 52.3 Å². The molecule has 0 amide bonds. The molecule has 0 bridgehead atoms. The fraction of sp³-hybridized carbons (Fsp3) is 0.114. The van der Waals surface area contributed by atoms with Gasteiger partial charge in [-0.3, -0.25) is 9.36 Å². The second kappa shape index (κ2) is 13.2. The first-order valence-electron chi connectivity index (χ1n) is 14.0. The van der Waals surface area contributed by atoms with Gasteiger partial charge in [0.15, 0.2) is 4.80 Å². The van der Waals surface area contributed by atoms with Gasteiger partial charge < -0.3 is 9.47 Å². The van der Waals surface area contributed by atoms with Crippen LogP contribution < -0.4 is 19.6 Å². The van der Waals surface area contributed by atoms with E-state index in [4.69, 9.17) is 37.7 Å². The number of nitrogens with zero attached hydrogens (tertiary/aromatic N) is 2. The number of thiazole rings is 1. The standard InChI is InChI=1S/C35H25Cl2FN2O4S/c1-2-43-34(42)30-31(21-8-4-3-5-9-21)39-35-40(32(30)22-12-15-26(38)16-13-22)33(41)29(45-35)19-24-18-25(36)14-17-28(24)44-20-23-10-6-7-11-27(23)37/h3-19,32H,2,20H2,1H3/b29-19-/t32-/m0/s1. The number of fused-ring (bicyclic) bond motifs is 1. The molecule has 0 radical (unpaired) electrons. The number of carbonyl (C=O) groups excluding carboxylic acids is 1. The third kappa shape index (κ3) is 6.35. The van der Waals surface area contributed by atoms with Gasteiger partial charge in [0.25, 0.3) is 5.56 Å². The molecule has 0 N–H and O–H groups in total. The molecule has 10 heteroatoms. The summed E-state index contributed by atoms with van der Waals surface area (Å²) in [4.78, 5) is 33.0. The van der Waals surface area contributed by atoms with Crippen molar-refractivity contribution in [3.63, 3.8) is 0 Å². The number of esters is 1. The van der Waals surface area contributed by atoms with Crippen molar-refractivity contribution in [3.8, 4) is 5.75 Å². The summed E-state index contributed by atoms with van der Waals surface area (Å²) in [7, 11) is 0. The molecule has 1 aliphatic rings. The fourth-order valence-electron chi connectivity index (χ4n) is 5.08. The normalized spacial score (nSPS) is 14.6. The average Bonchev–Trinajstić information content (AvgIpc) is 3.35. The topological polar surface area (TPSA) is 69.9 Å². The number of hydrogen-bond acceptors (Lipinski definition) is 6. The molecule has 0 aliphatic carbocycles. The van der Waals surface area contributed by atoms with Gasteiger partial charge in [0.2, 0.25) is 0 Å². The fourth-order valence-corrected chi connectivity index (χ4v) is 6.44. The van der Waals surface area contributed by atoms with Crippen molar-refractivity contribution in [2.75, 3.05) is 6.61 Å². The summed E-state index contributed by atoms with van der Waals surface area (Å²) in [6.45, 7) is 2.03. The SMILES string of the molecule is CCOC(=O)C1=C(c2ccccc2)N=c2s/c(=C\c3cc(Cl)ccc3OCc3ccccc3Cl)c(=O)n2[C@H]1c1ccc(F)cc1. The maximum atomic E-state index is 14.2. The van der Waals surface area contributed by atoms with Gasteiger partial charge in [0.1, 0.15) is 18.2 Å². The van der Waals surface area contributed by atoms with Crippen molar-refractivity contribution in [1.82, 2.24) is 4.57 Å². The lowest BCUT2D eigenvalue weighted by atomic mass is 9.93. The van der Waals surface area contributed by atoms with Crippen LogP contribution in [0.15, 0.2) is 112 Å². The van der Waals surface area contributed by atoms with E-state index in [-0.39, 0.29) is 24.3 Å². The number of rotatable bonds is 8. The zero-order chi connectivity index (χ0) is 31.5. The predicted molar refractivity (Wildman–Crippen MR) is 175 cm³/mol. The molecule has 5 aromatic rings. The molecule has 6 nitrogen and oxygen atoms in total. The number of halogens is 3. The van der Waals surface area contributed by atoms with Crippen molar-refractivity contribution in [1.29, 1.82) is 0 Å². The van der Waals surface area contributed by atoms with E-state index in [1.54, 1.807) is 49.4 Å². The van der Waals surface area contributed by atoms with Crippen molar-refractivity contribution in [2.45, 2.75) is 19.6 Å². The van der Waals surface area contributed by atoms with Gasteiger partial charge >= 0.3 is 5.97 Å². The van der Waals surface area contributed by atoms with Gasteiger partial charge in [-0.2, -0.15) is 0 Å². The highest BCUT2D eigenvalue weighted by molar-refractivity contribution is 7.07. The first-order chi connectivity index (χ1) is 21.8. The maximum absolute atomic E-state index is 14.2. The van der Waals surface area contributed by atoms with Crippen molar-refractivity contribution < 1.29 is 18.7 Å². The molecule has 45 heavy (non-hydrogen) atoms. The highest BCUT2D eigenvalue weighted by Gasteiger charge is 2.35. The summed E-state index contributed by atoms with van der Waals surface area (Å²) in [5.41, 5.74) is 2.75. The van der Waals surface area contributed by atoms with Crippen LogP contribution in [0.3, 0.4) is 0 Å². The summed E-state index contributed by atoms with van der Waals surface area (Å²) in [6.07, 6.45) is 1.69. The Labute approximate surface area is 271 Å². The van der Waals surface area contributed by atoms with E-state index in [1.807, 2.05) is 48.5 Å². The third-order valence-corrected chi connectivity index (χ3v) is 8.75. The summed E-state index contributed by atoms with van der Waals surface area (Å²) in [5, 5.41) is 1.04. The molecule has 0 fully saturated rings. The Hall–Kier alpha value is -4.50. The first kappa shape index (κ1) is 30.5. The Morgan fingerprint density at radius 3 is 2.47 bits per heavy atom. The molecule has 226 valence electrons. The second-order valence-electron chi connectivity index (χ2n) is 10.0. The largest absolute Gasteiger partial charge is 0.488 e. The van der Waals surface area contributed by atoms with Gasteiger partial charge in [-0.25, -0.2) is 14.2 Å². The monoisotopic (exact) mass is 658 g/mol. The van der Waals surface area contributed by atoms with E-state index in [0.717, 1.165) is 16.9 Å². The van der Waals surface area contributed by atoms with Crippen LogP contribution in [0.1, 0.15) is 35.2 Å². The minimum atomic E-state index is -0.923. The second-order valence-corrected chi connectivity index (χ2v) is 11.9. The number of benzene rings is 4. The molecule has 1 atom stereocenters. The molecular formula is C35H25Cl2FN2O4S. The van der Waals surface area contributed by atoms with Crippen LogP contribution in [0, 0.1) is 5.82 Å². The Morgan fingerprint density at radius 2 is 1.73 bits per heavy atom. The van der Waals surface area contributed by atoms with Crippen molar-refractivity contribution in [2.24, 2.45) is 4.99 Å². The summed E-state index contributed by atoms with van der Waals surface area (Å²) >= 11 is 13.9. The van der Waals surface area contributed by atoms with E-state index in [0.29, 0.717) is 47.5 Å². The van der Waals surface area contributed by atoms with Crippen LogP contribution in [0.4, 0.5) is 4.39 Å². The van der Waals surface area contributed by atoms with Crippen LogP contribution in [-0.2, 0) is 16.1 Å². The highest BCUT2D eigenvalue weighted by atomic mass is 35.5. The minimum absolute atomic E-state index is 0.122. The molecule has 1 aromatic heterocycles. The molecule has 6 rings (SSSR count). The number of hydrogen-bond donors (Lipinski definition) is 0. The summed E-state index contributed by atoms with van der Waals surface area (Å²) in [6, 6.07) is 26.5. The Kier molecular flexibility index (Phi) is 8.98. The average molecular weight is 660 g/mol. The number of aromatic nitrogens is 1. The van der Waals surface area contributed by atoms with E-state index < -0.39 is 17.8 Å². The third-order valence-electron chi connectivity index (χ3n) is 7.16. The zero-order valence-corrected chi connectivity index (χ0v) is 26.2. The predicted octanol–water partition coefficient (Wildman–Crippen LogP) is 6.96. The highest BCUT2D eigenvalue weighted by Crippen LogP contribution is 2.35. The van der Waals surface area contributed by atoms with E-state index in [1.165, 1.54) is 16.7 Å². The maximum Gasteiger partial charge on any atom is 0.338 e. The van der Waals surface area contributed by atoms with Crippen LogP contribution in [0.5, 0.6) is 5.75 Å². The zero-order valence-electron chi connectivity index (χ0n) is 23.9. The van der Waals surface area contributed by atoms with Gasteiger partial charge in [-0.15, -0.1) is 0 Å². The van der Waals surface area contributed by atoms with E-state index in [2.05, 4.69) is 0 Å². The van der Waals surface area contributed by atoms with Crippen molar-refractivity contribution in [3.05, 3.63) is 160 Å². The number of ether oxygens (including phenoxy) is 2. The molecule has 0 spiro atoms. The number of carbonyl (C=O) groups is 1. The lowest BCUT2D eigenvalue weighted by Crippen LogP contribution is -2.40. The van der Waals surface area contributed by atoms with Crippen LogP contribution in [0.2, 0.25) is 10.0 Å². The summed E-state index contributed by atoms with van der Waals surface area (Å²) in [5.74, 6) is -0.562. The van der Waals surface area contributed by atoms with Gasteiger partial charge in [-0.1, -0.05) is 95.2 Å². The van der Waals surface area contributed by atoms with Crippen LogP contribution in [-0.4, -0.2) is 17.1 Å². The molecular weight excluding hydrogens is 634 g/mol. The van der Waals surface area contributed by atoms with Gasteiger partial charge in [0, 0.05) is 26.7 Å². The van der Waals surface area contributed by atoms with Crippen LogP contribution in [0.25, 0.3) is 11.8 Å². The summed E-state index contributed by atoms with van der Waals surface area (Å²) < 4.78 is 27.4. The Bertz CT molecular complexity index is 2110. The smallest absolute Gasteiger partial charge is 0.338 e. The first-order valence-corrected chi connectivity index (χ1v) is 15.6. The lowest BCUT2D eigenvalue weighted by Gasteiger charge is -2.25. The lowest BCUT2D eigenvalue weighted by molar-refractivity contribution is -0.138. The molecule has 1 aliphatic heterocycles. The Balaban J connectivity index is 1.54. The quantitative estimate of drug-likeness (QED) is 0.169. The van der Waals surface area contributed by atoms with Crippen LogP contribution >= 0.6 is 34.5 Å². The molecule has 0 saturated heterocycles. The van der Waals surface area contributed by atoms with E-state index >= 15 is 0 Å².